The van der Waals surface area contributed by atoms with Gasteiger partial charge < -0.3 is 15.8 Å². The molecule has 0 atom stereocenters. The van der Waals surface area contributed by atoms with Crippen LogP contribution in [0.1, 0.15) is 15.9 Å². The molecule has 0 fully saturated rings. The van der Waals surface area contributed by atoms with Crippen LogP contribution in [0.25, 0.3) is 0 Å². The van der Waals surface area contributed by atoms with Crippen LogP contribution in [0.2, 0.25) is 0 Å². The standard InChI is InChI=1S/C14H14BrN3O2/c1-8-5-10(7-17-13(8)15)18-14(19)9-3-4-11(16)12(6-9)20-2/h3-7H,16H2,1-2H3,(H,18,19). The molecule has 5 nitrogen and oxygen atoms in total. The first-order valence-corrected chi connectivity index (χ1v) is 6.67. The van der Waals surface area contributed by atoms with E-state index in [9.17, 15) is 4.79 Å². The molecular weight excluding hydrogens is 322 g/mol. The number of rotatable bonds is 3. The van der Waals surface area contributed by atoms with E-state index in [-0.39, 0.29) is 5.91 Å². The normalized spacial score (nSPS) is 10.2. The Morgan fingerprint density at radius 2 is 2.15 bits per heavy atom. The molecule has 6 heteroatoms. The fraction of sp³-hybridized carbons (Fsp3) is 0.143. The minimum Gasteiger partial charge on any atom is -0.495 e. The van der Waals surface area contributed by atoms with Crippen LogP contribution >= 0.6 is 15.9 Å². The quantitative estimate of drug-likeness (QED) is 0.667. The second-order valence-electron chi connectivity index (χ2n) is 4.24. The Morgan fingerprint density at radius 1 is 1.40 bits per heavy atom. The average Bonchev–Trinajstić information content (AvgIpc) is 2.43. The monoisotopic (exact) mass is 335 g/mol. The van der Waals surface area contributed by atoms with Gasteiger partial charge >= 0.3 is 0 Å². The molecule has 0 saturated carbocycles. The van der Waals surface area contributed by atoms with Gasteiger partial charge in [0.15, 0.2) is 0 Å². The van der Waals surface area contributed by atoms with Crippen molar-refractivity contribution in [2.24, 2.45) is 0 Å². The van der Waals surface area contributed by atoms with Gasteiger partial charge in [-0.15, -0.1) is 0 Å². The zero-order chi connectivity index (χ0) is 14.7. The number of pyridine rings is 1. The number of benzene rings is 1. The third-order valence-electron chi connectivity index (χ3n) is 2.77. The van der Waals surface area contributed by atoms with Gasteiger partial charge in [0.1, 0.15) is 10.4 Å². The molecule has 0 bridgehead atoms. The van der Waals surface area contributed by atoms with Crippen LogP contribution in [0.3, 0.4) is 0 Å². The van der Waals surface area contributed by atoms with Crippen molar-refractivity contribution in [3.05, 3.63) is 46.2 Å². The molecule has 1 heterocycles. The summed E-state index contributed by atoms with van der Waals surface area (Å²) in [6, 6.07) is 6.72. The summed E-state index contributed by atoms with van der Waals surface area (Å²) in [6.07, 6.45) is 1.59. The number of amides is 1. The molecule has 0 aliphatic heterocycles. The molecule has 0 unspecified atom stereocenters. The van der Waals surface area contributed by atoms with E-state index in [1.54, 1.807) is 24.4 Å². The lowest BCUT2D eigenvalue weighted by Gasteiger charge is -2.09. The fourth-order valence-electron chi connectivity index (χ4n) is 1.68. The van der Waals surface area contributed by atoms with E-state index >= 15 is 0 Å². The van der Waals surface area contributed by atoms with Crippen LogP contribution in [0.15, 0.2) is 35.1 Å². The van der Waals surface area contributed by atoms with E-state index in [1.807, 2.05) is 13.0 Å². The van der Waals surface area contributed by atoms with Gasteiger partial charge in [-0.05, 0) is 52.7 Å². The van der Waals surface area contributed by atoms with E-state index in [2.05, 4.69) is 26.2 Å². The lowest BCUT2D eigenvalue weighted by molar-refractivity contribution is 0.102. The minimum atomic E-state index is -0.244. The first kappa shape index (κ1) is 14.3. The molecule has 1 amide bonds. The summed E-state index contributed by atoms with van der Waals surface area (Å²) in [5.41, 5.74) is 8.25. The number of nitrogens with zero attached hydrogens (tertiary/aromatic N) is 1. The zero-order valence-electron chi connectivity index (χ0n) is 11.1. The number of carbonyl (C=O) groups is 1. The largest absolute Gasteiger partial charge is 0.495 e. The van der Waals surface area contributed by atoms with Crippen molar-refractivity contribution in [3.8, 4) is 5.75 Å². The SMILES string of the molecule is COc1cc(C(=O)Nc2cnc(Br)c(C)c2)ccc1N. The molecule has 1 aromatic carbocycles. The van der Waals surface area contributed by atoms with Crippen molar-refractivity contribution >= 4 is 33.2 Å². The van der Waals surface area contributed by atoms with Crippen molar-refractivity contribution in [2.45, 2.75) is 6.92 Å². The van der Waals surface area contributed by atoms with E-state index in [0.29, 0.717) is 22.7 Å². The minimum absolute atomic E-state index is 0.244. The highest BCUT2D eigenvalue weighted by molar-refractivity contribution is 9.10. The van der Waals surface area contributed by atoms with Gasteiger partial charge in [0.25, 0.3) is 5.91 Å². The summed E-state index contributed by atoms with van der Waals surface area (Å²) < 4.78 is 5.85. The smallest absolute Gasteiger partial charge is 0.255 e. The van der Waals surface area contributed by atoms with Gasteiger partial charge in [-0.25, -0.2) is 4.98 Å². The van der Waals surface area contributed by atoms with Gasteiger partial charge in [-0.2, -0.15) is 0 Å². The van der Waals surface area contributed by atoms with E-state index in [4.69, 9.17) is 10.5 Å². The number of nitrogens with one attached hydrogen (secondary N) is 1. The van der Waals surface area contributed by atoms with Crippen LogP contribution < -0.4 is 15.8 Å². The first-order valence-electron chi connectivity index (χ1n) is 5.88. The Labute approximate surface area is 125 Å². The number of nitrogen functional groups attached to an aromatic ring is 1. The highest BCUT2D eigenvalue weighted by atomic mass is 79.9. The Hall–Kier alpha value is -2.08. The Bertz CT molecular complexity index is 659. The van der Waals surface area contributed by atoms with Crippen molar-refractivity contribution in [3.63, 3.8) is 0 Å². The molecule has 1 aromatic heterocycles. The number of hydrogen-bond acceptors (Lipinski definition) is 4. The average molecular weight is 336 g/mol. The van der Waals surface area contributed by atoms with Gasteiger partial charge in [0, 0.05) is 5.56 Å². The predicted molar refractivity (Wildman–Crippen MR) is 82.0 cm³/mol. The summed E-state index contributed by atoms with van der Waals surface area (Å²) in [6.45, 7) is 1.90. The number of ether oxygens (including phenoxy) is 1. The summed E-state index contributed by atoms with van der Waals surface area (Å²) in [7, 11) is 1.51. The molecule has 104 valence electrons. The molecule has 0 aliphatic rings. The highest BCUT2D eigenvalue weighted by Crippen LogP contribution is 2.23. The molecule has 0 radical (unpaired) electrons. The molecule has 3 N–H and O–H groups in total. The zero-order valence-corrected chi connectivity index (χ0v) is 12.7. The van der Waals surface area contributed by atoms with E-state index in [1.165, 1.54) is 7.11 Å². The second kappa shape index (κ2) is 5.92. The van der Waals surface area contributed by atoms with Crippen molar-refractivity contribution in [1.82, 2.24) is 4.98 Å². The third-order valence-corrected chi connectivity index (χ3v) is 3.60. The number of aryl methyl sites for hydroxylation is 1. The van der Waals surface area contributed by atoms with Gasteiger partial charge in [0.05, 0.1) is 24.7 Å². The molecular formula is C14H14BrN3O2. The molecule has 2 aromatic rings. The van der Waals surface area contributed by atoms with Crippen LogP contribution in [0, 0.1) is 6.92 Å². The summed E-state index contributed by atoms with van der Waals surface area (Å²) in [5, 5.41) is 2.78. The topological polar surface area (TPSA) is 77.2 Å². The number of halogens is 1. The molecule has 0 spiro atoms. The Kier molecular flexibility index (Phi) is 4.24. The number of nitrogens with two attached hydrogens (primary N) is 1. The maximum Gasteiger partial charge on any atom is 0.255 e. The van der Waals surface area contributed by atoms with Gasteiger partial charge in [-0.3, -0.25) is 4.79 Å². The fourth-order valence-corrected chi connectivity index (χ4v) is 1.90. The number of aromatic nitrogens is 1. The van der Waals surface area contributed by atoms with E-state index in [0.717, 1.165) is 10.2 Å². The predicted octanol–water partition coefficient (Wildman–Crippen LogP) is 3.00. The van der Waals surface area contributed by atoms with Crippen LogP contribution in [-0.4, -0.2) is 18.0 Å². The van der Waals surface area contributed by atoms with E-state index < -0.39 is 0 Å². The Morgan fingerprint density at radius 3 is 2.80 bits per heavy atom. The lowest BCUT2D eigenvalue weighted by Crippen LogP contribution is -2.12. The molecule has 0 aliphatic carbocycles. The van der Waals surface area contributed by atoms with Gasteiger partial charge in [-0.1, -0.05) is 0 Å². The summed E-state index contributed by atoms with van der Waals surface area (Å²) in [4.78, 5) is 16.3. The summed E-state index contributed by atoms with van der Waals surface area (Å²) in [5.74, 6) is 0.231. The number of hydrogen-bond donors (Lipinski definition) is 2. The van der Waals surface area contributed by atoms with Crippen LogP contribution in [-0.2, 0) is 0 Å². The van der Waals surface area contributed by atoms with Gasteiger partial charge in [0.2, 0.25) is 0 Å². The third kappa shape index (κ3) is 3.08. The van der Waals surface area contributed by atoms with Crippen LogP contribution in [0.5, 0.6) is 5.75 Å². The molecule has 20 heavy (non-hydrogen) atoms. The van der Waals surface area contributed by atoms with Crippen LogP contribution in [0.4, 0.5) is 11.4 Å². The lowest BCUT2D eigenvalue weighted by atomic mass is 10.1. The molecule has 2 rings (SSSR count). The molecule has 0 saturated heterocycles. The maximum atomic E-state index is 12.1. The van der Waals surface area contributed by atoms with Crippen molar-refractivity contribution in [2.75, 3.05) is 18.2 Å². The Balaban J connectivity index is 2.21. The maximum absolute atomic E-state index is 12.1. The summed E-state index contributed by atoms with van der Waals surface area (Å²) >= 11 is 3.31. The second-order valence-corrected chi connectivity index (χ2v) is 4.99. The first-order chi connectivity index (χ1) is 9.51. The van der Waals surface area contributed by atoms with Crippen molar-refractivity contribution < 1.29 is 9.53 Å². The number of anilines is 2. The van der Waals surface area contributed by atoms with Crippen molar-refractivity contribution in [1.29, 1.82) is 0 Å². The number of methoxy groups -OCH3 is 1. The highest BCUT2D eigenvalue weighted by Gasteiger charge is 2.10. The number of carbonyl (C=O) groups excluding carboxylic acids is 1.